The van der Waals surface area contributed by atoms with Crippen LogP contribution in [0.15, 0.2) is 24.3 Å². The Balaban J connectivity index is 2.10. The van der Waals surface area contributed by atoms with Gasteiger partial charge in [0, 0.05) is 6.42 Å². The Kier molecular flexibility index (Phi) is 7.71. The number of carbonyl (C=O) groups is 1. The van der Waals surface area contributed by atoms with Gasteiger partial charge < -0.3 is 11.1 Å². The number of nitrogens with one attached hydrogen (secondary N) is 1. The number of nitrogen functional groups attached to an aromatic ring is 1. The molecule has 0 aromatic heterocycles. The number of carbonyl (C=O) groups excluding carboxylic acids is 1. The molecule has 0 aliphatic carbocycles. The van der Waals surface area contributed by atoms with E-state index in [0.717, 1.165) is 18.5 Å². The maximum Gasteiger partial charge on any atom is 0.224 e. The van der Waals surface area contributed by atoms with Gasteiger partial charge in [0.1, 0.15) is 0 Å². The smallest absolute Gasteiger partial charge is 0.224 e. The maximum atomic E-state index is 11.7. The molecule has 1 aromatic rings. The number of anilines is 2. The predicted octanol–water partition coefficient (Wildman–Crippen LogP) is 4.35. The summed E-state index contributed by atoms with van der Waals surface area (Å²) >= 11 is 0. The molecule has 0 unspecified atom stereocenters. The van der Waals surface area contributed by atoms with E-state index in [1.807, 2.05) is 18.2 Å². The monoisotopic (exact) mass is 262 g/mol. The van der Waals surface area contributed by atoms with E-state index in [2.05, 4.69) is 12.2 Å². The highest BCUT2D eigenvalue weighted by atomic mass is 16.1. The molecule has 1 amide bonds. The van der Waals surface area contributed by atoms with Crippen LogP contribution >= 0.6 is 0 Å². The minimum Gasteiger partial charge on any atom is -0.397 e. The standard InChI is InChI=1S/C16H26N2O/c1-2-3-4-5-6-7-8-13-16(19)18-15-12-10-9-11-14(15)17/h9-12H,2-8,13,17H2,1H3,(H,18,19). The van der Waals surface area contributed by atoms with Crippen LogP contribution in [0, 0.1) is 0 Å². The van der Waals surface area contributed by atoms with E-state index in [1.54, 1.807) is 6.07 Å². The van der Waals surface area contributed by atoms with E-state index in [-0.39, 0.29) is 5.91 Å². The Morgan fingerprint density at radius 2 is 1.68 bits per heavy atom. The molecular formula is C16H26N2O. The third-order valence-corrected chi connectivity index (χ3v) is 3.24. The van der Waals surface area contributed by atoms with E-state index >= 15 is 0 Å². The molecule has 0 saturated carbocycles. The van der Waals surface area contributed by atoms with Crippen molar-refractivity contribution in [3.05, 3.63) is 24.3 Å². The lowest BCUT2D eigenvalue weighted by Crippen LogP contribution is -2.12. The number of benzene rings is 1. The number of hydrogen-bond acceptors (Lipinski definition) is 2. The van der Waals surface area contributed by atoms with Gasteiger partial charge in [-0.1, -0.05) is 57.6 Å². The molecule has 0 saturated heterocycles. The quantitative estimate of drug-likeness (QED) is 0.513. The number of nitrogens with two attached hydrogens (primary N) is 1. The van der Waals surface area contributed by atoms with Crippen LogP contribution in [0.25, 0.3) is 0 Å². The molecule has 0 heterocycles. The minimum atomic E-state index is 0.0615. The molecular weight excluding hydrogens is 236 g/mol. The molecule has 0 spiro atoms. The summed E-state index contributed by atoms with van der Waals surface area (Å²) in [6.07, 6.45) is 9.15. The van der Waals surface area contributed by atoms with Crippen LogP contribution in [-0.2, 0) is 4.79 Å². The van der Waals surface area contributed by atoms with Crippen molar-refractivity contribution in [2.75, 3.05) is 11.1 Å². The molecule has 3 N–H and O–H groups in total. The van der Waals surface area contributed by atoms with Crippen molar-refractivity contribution in [1.29, 1.82) is 0 Å². The summed E-state index contributed by atoms with van der Waals surface area (Å²) in [5.74, 6) is 0.0615. The SMILES string of the molecule is CCCCCCCCCC(=O)Nc1ccccc1N. The van der Waals surface area contributed by atoms with Gasteiger partial charge in [0.2, 0.25) is 5.91 Å². The van der Waals surface area contributed by atoms with Gasteiger partial charge in [0.15, 0.2) is 0 Å². The van der Waals surface area contributed by atoms with Crippen LogP contribution in [0.5, 0.6) is 0 Å². The van der Waals surface area contributed by atoms with Crippen LogP contribution in [0.2, 0.25) is 0 Å². The molecule has 106 valence electrons. The summed E-state index contributed by atoms with van der Waals surface area (Å²) in [6, 6.07) is 7.36. The van der Waals surface area contributed by atoms with Gasteiger partial charge in [0.25, 0.3) is 0 Å². The minimum absolute atomic E-state index is 0.0615. The topological polar surface area (TPSA) is 55.1 Å². The Hall–Kier alpha value is -1.51. The van der Waals surface area contributed by atoms with Gasteiger partial charge in [-0.15, -0.1) is 0 Å². The molecule has 1 aromatic carbocycles. The Bertz CT molecular complexity index is 377. The summed E-state index contributed by atoms with van der Waals surface area (Å²) < 4.78 is 0. The third kappa shape index (κ3) is 6.85. The fraction of sp³-hybridized carbons (Fsp3) is 0.562. The van der Waals surface area contributed by atoms with Crippen molar-refractivity contribution in [2.45, 2.75) is 58.3 Å². The molecule has 0 atom stereocenters. The first-order valence-electron chi connectivity index (χ1n) is 7.38. The number of hydrogen-bond donors (Lipinski definition) is 2. The second kappa shape index (κ2) is 9.42. The summed E-state index contributed by atoms with van der Waals surface area (Å²) in [5, 5.41) is 2.86. The van der Waals surface area contributed by atoms with Crippen molar-refractivity contribution < 1.29 is 4.79 Å². The lowest BCUT2D eigenvalue weighted by Gasteiger charge is -2.07. The van der Waals surface area contributed by atoms with Gasteiger partial charge in [-0.25, -0.2) is 0 Å². The van der Waals surface area contributed by atoms with E-state index in [0.29, 0.717) is 12.1 Å². The highest BCUT2D eigenvalue weighted by molar-refractivity contribution is 5.93. The first-order valence-corrected chi connectivity index (χ1v) is 7.38. The van der Waals surface area contributed by atoms with Crippen molar-refractivity contribution >= 4 is 17.3 Å². The van der Waals surface area contributed by atoms with Crippen molar-refractivity contribution in [3.63, 3.8) is 0 Å². The predicted molar refractivity (Wildman–Crippen MR) is 82.1 cm³/mol. The zero-order chi connectivity index (χ0) is 13.9. The summed E-state index contributed by atoms with van der Waals surface area (Å²) in [7, 11) is 0. The van der Waals surface area contributed by atoms with E-state index in [9.17, 15) is 4.79 Å². The van der Waals surface area contributed by atoms with Crippen molar-refractivity contribution in [2.24, 2.45) is 0 Å². The molecule has 0 aliphatic rings. The molecule has 3 nitrogen and oxygen atoms in total. The van der Waals surface area contributed by atoms with Gasteiger partial charge in [-0.05, 0) is 18.6 Å². The Morgan fingerprint density at radius 3 is 2.37 bits per heavy atom. The highest BCUT2D eigenvalue weighted by Gasteiger charge is 2.04. The number of rotatable bonds is 9. The summed E-state index contributed by atoms with van der Waals surface area (Å²) in [5.41, 5.74) is 7.12. The first-order chi connectivity index (χ1) is 9.24. The largest absolute Gasteiger partial charge is 0.397 e. The van der Waals surface area contributed by atoms with Crippen molar-refractivity contribution in [1.82, 2.24) is 0 Å². The van der Waals surface area contributed by atoms with E-state index < -0.39 is 0 Å². The van der Waals surface area contributed by atoms with Crippen LogP contribution in [-0.4, -0.2) is 5.91 Å². The molecule has 1 rings (SSSR count). The number of unbranched alkanes of at least 4 members (excludes halogenated alkanes) is 6. The average molecular weight is 262 g/mol. The summed E-state index contributed by atoms with van der Waals surface area (Å²) in [6.45, 7) is 2.22. The first kappa shape index (κ1) is 15.5. The number of amides is 1. The molecule has 19 heavy (non-hydrogen) atoms. The van der Waals surface area contributed by atoms with Gasteiger partial charge in [-0.2, -0.15) is 0 Å². The lowest BCUT2D eigenvalue weighted by molar-refractivity contribution is -0.116. The van der Waals surface area contributed by atoms with Crippen LogP contribution in [0.3, 0.4) is 0 Å². The fourth-order valence-electron chi connectivity index (χ4n) is 2.07. The molecule has 0 radical (unpaired) electrons. The van der Waals surface area contributed by atoms with Crippen LogP contribution in [0.4, 0.5) is 11.4 Å². The van der Waals surface area contributed by atoms with Crippen LogP contribution < -0.4 is 11.1 Å². The molecule has 0 aliphatic heterocycles. The molecule has 0 bridgehead atoms. The van der Waals surface area contributed by atoms with Crippen molar-refractivity contribution in [3.8, 4) is 0 Å². The molecule has 0 fully saturated rings. The van der Waals surface area contributed by atoms with Gasteiger partial charge in [0.05, 0.1) is 11.4 Å². The normalized spacial score (nSPS) is 10.4. The summed E-state index contributed by atoms with van der Waals surface area (Å²) in [4.78, 5) is 11.7. The lowest BCUT2D eigenvalue weighted by atomic mass is 10.1. The zero-order valence-corrected chi connectivity index (χ0v) is 12.0. The second-order valence-corrected chi connectivity index (χ2v) is 5.01. The zero-order valence-electron chi connectivity index (χ0n) is 12.0. The van der Waals surface area contributed by atoms with Gasteiger partial charge in [-0.3, -0.25) is 4.79 Å². The van der Waals surface area contributed by atoms with E-state index in [4.69, 9.17) is 5.73 Å². The highest BCUT2D eigenvalue weighted by Crippen LogP contribution is 2.17. The second-order valence-electron chi connectivity index (χ2n) is 5.01. The fourth-order valence-corrected chi connectivity index (χ4v) is 2.07. The maximum absolute atomic E-state index is 11.7. The number of para-hydroxylation sites is 2. The third-order valence-electron chi connectivity index (χ3n) is 3.24. The van der Waals surface area contributed by atoms with Gasteiger partial charge >= 0.3 is 0 Å². The Labute approximate surface area is 116 Å². The Morgan fingerprint density at radius 1 is 1.05 bits per heavy atom. The van der Waals surface area contributed by atoms with E-state index in [1.165, 1.54) is 32.1 Å². The average Bonchev–Trinajstić information content (AvgIpc) is 2.40. The molecule has 3 heteroatoms. The van der Waals surface area contributed by atoms with Crippen LogP contribution in [0.1, 0.15) is 58.3 Å².